The Morgan fingerprint density at radius 3 is 2.56 bits per heavy atom. The van der Waals surface area contributed by atoms with Crippen LogP contribution in [0.2, 0.25) is 0 Å². The maximum Gasteiger partial charge on any atom is 0.242 e. The van der Waals surface area contributed by atoms with E-state index < -0.39 is 0 Å². The molecule has 1 amide bonds. The number of fused-ring (bicyclic) bond motifs is 1. The van der Waals surface area contributed by atoms with Crippen LogP contribution in [0.15, 0.2) is 48.5 Å². The van der Waals surface area contributed by atoms with Crippen molar-refractivity contribution in [3.63, 3.8) is 0 Å². The van der Waals surface area contributed by atoms with Gasteiger partial charge in [0, 0.05) is 13.1 Å². The lowest BCUT2D eigenvalue weighted by atomic mass is 10.2. The minimum atomic E-state index is 0.157. The molecule has 1 saturated heterocycles. The normalized spacial score (nSPS) is 14.0. The van der Waals surface area contributed by atoms with Crippen LogP contribution < -0.4 is 4.74 Å². The van der Waals surface area contributed by atoms with Crippen molar-refractivity contribution in [2.45, 2.75) is 39.3 Å². The predicted molar refractivity (Wildman–Crippen MR) is 106 cm³/mol. The SMILES string of the molecule is CCc1ccc(OCc2nc3ccccc3n2CC(=O)N2CCCC2)cc1. The molecule has 5 heteroatoms. The number of aryl methyl sites for hydroxylation is 1. The highest BCUT2D eigenvalue weighted by molar-refractivity contribution is 5.81. The van der Waals surface area contributed by atoms with Crippen LogP contribution in [0.1, 0.15) is 31.2 Å². The quantitative estimate of drug-likeness (QED) is 0.669. The van der Waals surface area contributed by atoms with Gasteiger partial charge < -0.3 is 14.2 Å². The lowest BCUT2D eigenvalue weighted by molar-refractivity contribution is -0.130. The molecule has 0 radical (unpaired) electrons. The van der Waals surface area contributed by atoms with Gasteiger partial charge in [-0.2, -0.15) is 0 Å². The average Bonchev–Trinajstić information content (AvgIpc) is 3.35. The number of amides is 1. The maximum atomic E-state index is 12.7. The van der Waals surface area contributed by atoms with Gasteiger partial charge in [0.1, 0.15) is 24.7 Å². The molecule has 0 N–H and O–H groups in total. The topological polar surface area (TPSA) is 47.4 Å². The van der Waals surface area contributed by atoms with E-state index in [9.17, 15) is 4.79 Å². The smallest absolute Gasteiger partial charge is 0.242 e. The van der Waals surface area contributed by atoms with Crippen molar-refractivity contribution in [1.29, 1.82) is 0 Å². The number of nitrogens with zero attached hydrogens (tertiary/aromatic N) is 3. The van der Waals surface area contributed by atoms with Gasteiger partial charge in [-0.05, 0) is 49.1 Å². The van der Waals surface area contributed by atoms with E-state index in [2.05, 4.69) is 19.1 Å². The Labute approximate surface area is 159 Å². The summed E-state index contributed by atoms with van der Waals surface area (Å²) in [5.41, 5.74) is 3.16. The van der Waals surface area contributed by atoms with Gasteiger partial charge in [0.15, 0.2) is 0 Å². The van der Waals surface area contributed by atoms with Crippen LogP contribution in [0.3, 0.4) is 0 Å². The summed E-state index contributed by atoms with van der Waals surface area (Å²) in [5, 5.41) is 0. The van der Waals surface area contributed by atoms with Crippen molar-refractivity contribution >= 4 is 16.9 Å². The number of benzene rings is 2. The van der Waals surface area contributed by atoms with Crippen LogP contribution >= 0.6 is 0 Å². The number of carbonyl (C=O) groups is 1. The molecule has 0 aliphatic carbocycles. The van der Waals surface area contributed by atoms with E-state index in [1.165, 1.54) is 5.56 Å². The summed E-state index contributed by atoms with van der Waals surface area (Å²) >= 11 is 0. The standard InChI is InChI=1S/C22H25N3O2/c1-2-17-9-11-18(12-10-17)27-16-21-23-19-7-3-4-8-20(19)25(21)15-22(26)24-13-5-6-14-24/h3-4,7-12H,2,5-6,13-16H2,1H3. The number of carbonyl (C=O) groups excluding carboxylic acids is 1. The Morgan fingerprint density at radius 1 is 1.07 bits per heavy atom. The summed E-state index contributed by atoms with van der Waals surface area (Å²) in [4.78, 5) is 19.3. The first-order chi connectivity index (χ1) is 13.2. The van der Waals surface area contributed by atoms with Gasteiger partial charge >= 0.3 is 0 Å². The molecule has 0 saturated carbocycles. The zero-order valence-electron chi connectivity index (χ0n) is 15.7. The molecule has 27 heavy (non-hydrogen) atoms. The fraction of sp³-hybridized carbons (Fsp3) is 0.364. The second kappa shape index (κ2) is 7.82. The molecule has 2 heterocycles. The molecule has 0 bridgehead atoms. The van der Waals surface area contributed by atoms with E-state index in [1.807, 2.05) is 45.9 Å². The number of likely N-dealkylation sites (tertiary alicyclic amines) is 1. The van der Waals surface area contributed by atoms with Crippen LogP contribution in [-0.4, -0.2) is 33.4 Å². The molecule has 1 aliphatic heterocycles. The number of hydrogen-bond acceptors (Lipinski definition) is 3. The molecule has 1 fully saturated rings. The molecule has 5 nitrogen and oxygen atoms in total. The summed E-state index contributed by atoms with van der Waals surface area (Å²) in [7, 11) is 0. The summed E-state index contributed by atoms with van der Waals surface area (Å²) in [6.07, 6.45) is 3.20. The van der Waals surface area contributed by atoms with E-state index in [0.717, 1.165) is 55.0 Å². The van der Waals surface area contributed by atoms with Gasteiger partial charge in [0.25, 0.3) is 0 Å². The highest BCUT2D eigenvalue weighted by atomic mass is 16.5. The maximum absolute atomic E-state index is 12.7. The second-order valence-electron chi connectivity index (χ2n) is 6.98. The molecular weight excluding hydrogens is 338 g/mol. The lowest BCUT2D eigenvalue weighted by Gasteiger charge is -2.17. The zero-order chi connectivity index (χ0) is 18.6. The molecule has 0 atom stereocenters. The predicted octanol–water partition coefficient (Wildman–Crippen LogP) is 3.80. The van der Waals surface area contributed by atoms with Crippen LogP contribution in [0.4, 0.5) is 0 Å². The van der Waals surface area contributed by atoms with Crippen molar-refractivity contribution < 1.29 is 9.53 Å². The molecule has 2 aromatic carbocycles. The van der Waals surface area contributed by atoms with Crippen molar-refractivity contribution in [3.05, 3.63) is 59.9 Å². The molecule has 0 spiro atoms. The summed E-state index contributed by atoms with van der Waals surface area (Å²) in [6, 6.07) is 16.1. The van der Waals surface area contributed by atoms with Gasteiger partial charge in [0.2, 0.25) is 5.91 Å². The monoisotopic (exact) mass is 363 g/mol. The number of aromatic nitrogens is 2. The Balaban J connectivity index is 1.56. The first-order valence-electron chi connectivity index (χ1n) is 9.68. The summed E-state index contributed by atoms with van der Waals surface area (Å²) < 4.78 is 7.96. The molecule has 3 aromatic rings. The third-order valence-electron chi connectivity index (χ3n) is 5.19. The Morgan fingerprint density at radius 2 is 1.81 bits per heavy atom. The van der Waals surface area contributed by atoms with Crippen LogP contribution in [0, 0.1) is 0 Å². The molecule has 4 rings (SSSR count). The minimum Gasteiger partial charge on any atom is -0.486 e. The molecule has 140 valence electrons. The first-order valence-corrected chi connectivity index (χ1v) is 9.68. The molecule has 1 aliphatic rings. The first kappa shape index (κ1) is 17.6. The van der Waals surface area contributed by atoms with E-state index in [0.29, 0.717) is 13.2 Å². The number of imidazole rings is 1. The van der Waals surface area contributed by atoms with E-state index in [-0.39, 0.29) is 5.91 Å². The van der Waals surface area contributed by atoms with Gasteiger partial charge in [-0.15, -0.1) is 0 Å². The largest absolute Gasteiger partial charge is 0.486 e. The number of rotatable bonds is 6. The van der Waals surface area contributed by atoms with Gasteiger partial charge in [-0.25, -0.2) is 4.98 Å². The highest BCUT2D eigenvalue weighted by Gasteiger charge is 2.21. The Kier molecular flexibility index (Phi) is 5.10. The van der Waals surface area contributed by atoms with E-state index >= 15 is 0 Å². The van der Waals surface area contributed by atoms with Gasteiger partial charge in [-0.1, -0.05) is 31.2 Å². The summed E-state index contributed by atoms with van der Waals surface area (Å²) in [6.45, 7) is 4.51. The van der Waals surface area contributed by atoms with Gasteiger partial charge in [-0.3, -0.25) is 4.79 Å². The van der Waals surface area contributed by atoms with Crippen LogP contribution in [-0.2, 0) is 24.4 Å². The van der Waals surface area contributed by atoms with E-state index in [1.54, 1.807) is 0 Å². The number of hydrogen-bond donors (Lipinski definition) is 0. The fourth-order valence-corrected chi connectivity index (χ4v) is 3.58. The van der Waals surface area contributed by atoms with E-state index in [4.69, 9.17) is 9.72 Å². The molecular formula is C22H25N3O2. The Bertz CT molecular complexity index is 924. The van der Waals surface area contributed by atoms with Crippen LogP contribution in [0.25, 0.3) is 11.0 Å². The minimum absolute atomic E-state index is 0.157. The third kappa shape index (κ3) is 3.82. The van der Waals surface area contributed by atoms with Crippen molar-refractivity contribution in [2.75, 3.05) is 13.1 Å². The average molecular weight is 363 g/mol. The van der Waals surface area contributed by atoms with Crippen molar-refractivity contribution in [2.24, 2.45) is 0 Å². The second-order valence-corrected chi connectivity index (χ2v) is 6.98. The number of para-hydroxylation sites is 2. The fourth-order valence-electron chi connectivity index (χ4n) is 3.58. The lowest BCUT2D eigenvalue weighted by Crippen LogP contribution is -2.31. The highest BCUT2D eigenvalue weighted by Crippen LogP contribution is 2.20. The molecule has 1 aromatic heterocycles. The van der Waals surface area contributed by atoms with Crippen molar-refractivity contribution in [3.8, 4) is 5.75 Å². The van der Waals surface area contributed by atoms with Gasteiger partial charge in [0.05, 0.1) is 11.0 Å². The van der Waals surface area contributed by atoms with Crippen molar-refractivity contribution in [1.82, 2.24) is 14.5 Å². The third-order valence-corrected chi connectivity index (χ3v) is 5.19. The molecule has 0 unspecified atom stereocenters. The zero-order valence-corrected chi connectivity index (χ0v) is 15.7. The Hall–Kier alpha value is -2.82. The number of ether oxygens (including phenoxy) is 1. The van der Waals surface area contributed by atoms with Crippen LogP contribution in [0.5, 0.6) is 5.75 Å². The summed E-state index contributed by atoms with van der Waals surface area (Å²) in [5.74, 6) is 1.75.